The van der Waals surface area contributed by atoms with Crippen LogP contribution in [-0.4, -0.2) is 14.2 Å². The Labute approximate surface area is 97.5 Å². The Hall–Kier alpha value is -1.82. The average molecular weight is 236 g/mol. The Morgan fingerprint density at radius 3 is 2.56 bits per heavy atom. The molecule has 0 saturated heterocycles. The molecule has 6 heteroatoms. The molecule has 0 spiro atoms. The van der Waals surface area contributed by atoms with Crippen LogP contribution < -0.4 is 16.7 Å². The summed E-state index contributed by atoms with van der Waals surface area (Å²) in [5, 5.41) is 3.05. The molecule has 0 amide bonds. The van der Waals surface area contributed by atoms with E-state index in [1.54, 1.807) is 23.2 Å². The van der Waals surface area contributed by atoms with Crippen molar-refractivity contribution in [3.63, 3.8) is 0 Å². The molecule has 0 radical (unpaired) electrons. The number of aryl methyl sites for hydroxylation is 2. The zero-order valence-corrected chi connectivity index (χ0v) is 9.84. The smallest absolute Gasteiger partial charge is 0.328 e. The van der Waals surface area contributed by atoms with Crippen molar-refractivity contribution in [2.45, 2.75) is 0 Å². The van der Waals surface area contributed by atoms with Crippen LogP contribution in [0.4, 0.5) is 5.69 Å². The summed E-state index contributed by atoms with van der Waals surface area (Å²) in [6.07, 6.45) is 0. The van der Waals surface area contributed by atoms with Crippen LogP contribution in [0.3, 0.4) is 0 Å². The van der Waals surface area contributed by atoms with Gasteiger partial charge in [-0.25, -0.2) is 4.79 Å². The molecule has 1 aromatic heterocycles. The molecule has 0 aliphatic rings. The van der Waals surface area contributed by atoms with Crippen LogP contribution in [0.5, 0.6) is 0 Å². The van der Waals surface area contributed by atoms with Crippen molar-refractivity contribution < 1.29 is 0 Å². The number of fused-ring (bicyclic) bond motifs is 1. The lowest BCUT2D eigenvalue weighted by Crippen LogP contribution is -2.19. The molecule has 0 aliphatic carbocycles. The third kappa shape index (κ3) is 1.57. The van der Waals surface area contributed by atoms with Crippen molar-refractivity contribution >= 4 is 34.1 Å². The minimum Gasteiger partial charge on any atom is -0.376 e. The van der Waals surface area contributed by atoms with Gasteiger partial charge < -0.3 is 11.1 Å². The number of nitrogens with two attached hydrogens (primary N) is 1. The van der Waals surface area contributed by atoms with Crippen LogP contribution in [-0.2, 0) is 14.1 Å². The molecule has 5 nitrogen and oxygen atoms in total. The molecule has 0 bridgehead atoms. The van der Waals surface area contributed by atoms with Gasteiger partial charge in [-0.1, -0.05) is 0 Å². The lowest BCUT2D eigenvalue weighted by molar-refractivity contribution is 0.795. The van der Waals surface area contributed by atoms with Crippen LogP contribution in [0.2, 0.25) is 0 Å². The highest BCUT2D eigenvalue weighted by atomic mass is 32.1. The fourth-order valence-electron chi connectivity index (χ4n) is 1.73. The van der Waals surface area contributed by atoms with Crippen LogP contribution in [0, 0.1) is 0 Å². The number of imidazole rings is 1. The molecule has 0 fully saturated rings. The SMILES string of the molecule is Cn1c(=O)n(C)c2cc(NC(N)=S)ccc21. The summed E-state index contributed by atoms with van der Waals surface area (Å²) in [6, 6.07) is 5.54. The van der Waals surface area contributed by atoms with Crippen LogP contribution in [0.1, 0.15) is 0 Å². The van der Waals surface area contributed by atoms with Gasteiger partial charge in [0.2, 0.25) is 0 Å². The van der Waals surface area contributed by atoms with E-state index in [1.165, 1.54) is 0 Å². The third-order valence-corrected chi connectivity index (χ3v) is 2.64. The Bertz CT molecular complexity index is 626. The van der Waals surface area contributed by atoms with Gasteiger partial charge in [0.1, 0.15) is 0 Å². The normalized spacial score (nSPS) is 10.6. The first kappa shape index (κ1) is 10.7. The highest BCUT2D eigenvalue weighted by Crippen LogP contribution is 2.17. The topological polar surface area (TPSA) is 65.0 Å². The van der Waals surface area contributed by atoms with E-state index >= 15 is 0 Å². The summed E-state index contributed by atoms with van der Waals surface area (Å²) in [7, 11) is 3.47. The van der Waals surface area contributed by atoms with Gasteiger partial charge in [-0.2, -0.15) is 0 Å². The molecule has 3 N–H and O–H groups in total. The zero-order chi connectivity index (χ0) is 11.9. The van der Waals surface area contributed by atoms with Crippen molar-refractivity contribution in [3.05, 3.63) is 28.7 Å². The highest BCUT2D eigenvalue weighted by Gasteiger charge is 2.07. The molecule has 0 atom stereocenters. The maximum Gasteiger partial charge on any atom is 0.328 e. The van der Waals surface area contributed by atoms with Crippen molar-refractivity contribution in [3.8, 4) is 0 Å². The maximum atomic E-state index is 11.7. The largest absolute Gasteiger partial charge is 0.376 e. The van der Waals surface area contributed by atoms with Crippen molar-refractivity contribution in [2.75, 3.05) is 5.32 Å². The molecule has 2 aromatic rings. The van der Waals surface area contributed by atoms with E-state index in [4.69, 9.17) is 18.0 Å². The first-order valence-corrected chi connectivity index (χ1v) is 5.13. The fraction of sp³-hybridized carbons (Fsp3) is 0.200. The number of rotatable bonds is 1. The standard InChI is InChI=1S/C10H12N4OS/c1-13-7-4-3-6(12-9(11)16)5-8(7)14(2)10(13)15/h3-5H,1-2H3,(H3,11,12,16). The number of thiocarbonyl (C=S) groups is 1. The summed E-state index contributed by atoms with van der Waals surface area (Å²) in [5.74, 6) is 0. The van der Waals surface area contributed by atoms with E-state index in [2.05, 4.69) is 5.32 Å². The van der Waals surface area contributed by atoms with Gasteiger partial charge in [0.15, 0.2) is 5.11 Å². The summed E-state index contributed by atoms with van der Waals surface area (Å²) >= 11 is 4.76. The predicted octanol–water partition coefficient (Wildman–Crippen LogP) is 0.532. The van der Waals surface area contributed by atoms with E-state index in [0.717, 1.165) is 16.7 Å². The Kier molecular flexibility index (Phi) is 2.43. The minimum absolute atomic E-state index is 0.0533. The lowest BCUT2D eigenvalue weighted by atomic mass is 10.2. The van der Waals surface area contributed by atoms with E-state index in [0.29, 0.717) is 0 Å². The van der Waals surface area contributed by atoms with Gasteiger partial charge in [0.25, 0.3) is 0 Å². The first-order valence-electron chi connectivity index (χ1n) is 4.72. The van der Waals surface area contributed by atoms with Gasteiger partial charge in [0.05, 0.1) is 11.0 Å². The predicted molar refractivity (Wildman–Crippen MR) is 68.6 cm³/mol. The number of hydrogen-bond acceptors (Lipinski definition) is 2. The third-order valence-electron chi connectivity index (χ3n) is 2.54. The molecular formula is C10H12N4OS. The second-order valence-electron chi connectivity index (χ2n) is 3.59. The molecule has 1 aromatic carbocycles. The van der Waals surface area contributed by atoms with Crippen LogP contribution >= 0.6 is 12.2 Å². The number of benzene rings is 1. The molecule has 0 aliphatic heterocycles. The lowest BCUT2D eigenvalue weighted by Gasteiger charge is -2.04. The summed E-state index contributed by atoms with van der Waals surface area (Å²) in [5.41, 5.74) is 7.83. The monoisotopic (exact) mass is 236 g/mol. The number of nitrogens with zero attached hydrogens (tertiary/aromatic N) is 2. The average Bonchev–Trinajstić information content (AvgIpc) is 2.43. The fourth-order valence-corrected chi connectivity index (χ4v) is 1.84. The Morgan fingerprint density at radius 1 is 1.31 bits per heavy atom. The molecule has 0 unspecified atom stereocenters. The molecule has 16 heavy (non-hydrogen) atoms. The van der Waals surface area contributed by atoms with Gasteiger partial charge >= 0.3 is 5.69 Å². The van der Waals surface area contributed by atoms with Crippen LogP contribution in [0.25, 0.3) is 11.0 Å². The number of nitrogens with one attached hydrogen (secondary N) is 1. The van der Waals surface area contributed by atoms with Gasteiger partial charge in [-0.15, -0.1) is 0 Å². The van der Waals surface area contributed by atoms with E-state index < -0.39 is 0 Å². The minimum atomic E-state index is -0.0533. The van der Waals surface area contributed by atoms with E-state index in [9.17, 15) is 4.79 Å². The quantitative estimate of drug-likeness (QED) is 0.709. The Morgan fingerprint density at radius 2 is 1.94 bits per heavy atom. The highest BCUT2D eigenvalue weighted by molar-refractivity contribution is 7.80. The number of hydrogen-bond donors (Lipinski definition) is 2. The first-order chi connectivity index (χ1) is 7.50. The number of anilines is 1. The van der Waals surface area contributed by atoms with Gasteiger partial charge in [-0.05, 0) is 30.4 Å². The Balaban J connectivity index is 2.67. The van der Waals surface area contributed by atoms with Gasteiger partial charge in [-0.3, -0.25) is 9.13 Å². The summed E-state index contributed by atoms with van der Waals surface area (Å²) in [6.45, 7) is 0. The van der Waals surface area contributed by atoms with Crippen molar-refractivity contribution in [1.82, 2.24) is 9.13 Å². The molecule has 84 valence electrons. The van der Waals surface area contributed by atoms with Gasteiger partial charge in [0, 0.05) is 19.8 Å². The molecule has 0 saturated carbocycles. The zero-order valence-electron chi connectivity index (χ0n) is 9.02. The van der Waals surface area contributed by atoms with E-state index in [1.807, 2.05) is 18.2 Å². The molecular weight excluding hydrogens is 224 g/mol. The van der Waals surface area contributed by atoms with Crippen LogP contribution in [0.15, 0.2) is 23.0 Å². The molecule has 1 heterocycles. The van der Waals surface area contributed by atoms with Crippen molar-refractivity contribution in [2.24, 2.45) is 19.8 Å². The summed E-state index contributed by atoms with van der Waals surface area (Å²) < 4.78 is 3.18. The van der Waals surface area contributed by atoms with Crippen molar-refractivity contribution in [1.29, 1.82) is 0 Å². The molecule has 2 rings (SSSR count). The maximum absolute atomic E-state index is 11.7. The second-order valence-corrected chi connectivity index (χ2v) is 4.03. The second kappa shape index (κ2) is 3.64. The summed E-state index contributed by atoms with van der Waals surface area (Å²) in [4.78, 5) is 11.7. The number of aromatic nitrogens is 2. The van der Waals surface area contributed by atoms with E-state index in [-0.39, 0.29) is 10.8 Å².